The van der Waals surface area contributed by atoms with Crippen LogP contribution in [0.25, 0.3) is 0 Å². The van der Waals surface area contributed by atoms with Gasteiger partial charge in [-0.2, -0.15) is 0 Å². The van der Waals surface area contributed by atoms with Gasteiger partial charge in [0, 0.05) is 17.1 Å². The van der Waals surface area contributed by atoms with E-state index < -0.39 is 0 Å². The third-order valence-electron chi connectivity index (χ3n) is 2.03. The summed E-state index contributed by atoms with van der Waals surface area (Å²) in [5.41, 5.74) is 2.43. The number of carbonyl (C=O) groups excluding carboxylic acids is 1. The smallest absolute Gasteiger partial charge is 0.244 e. The molecule has 0 aliphatic heterocycles. The third-order valence-corrected chi connectivity index (χ3v) is 3.54. The number of rotatable bonds is 7. The number of amides is 1. The molecular weight excluding hydrogens is 270 g/mol. The Labute approximate surface area is 117 Å². The van der Waals surface area contributed by atoms with Crippen LogP contribution in [0.15, 0.2) is 29.2 Å². The van der Waals surface area contributed by atoms with E-state index in [1.165, 1.54) is 0 Å². The number of halogens is 1. The Morgan fingerprint density at radius 3 is 2.83 bits per heavy atom. The molecule has 1 N–H and O–H groups in total. The Kier molecular flexibility index (Phi) is 7.16. The molecule has 1 aromatic rings. The summed E-state index contributed by atoms with van der Waals surface area (Å²) in [5, 5.41) is 0.721. The van der Waals surface area contributed by atoms with Crippen molar-refractivity contribution in [3.8, 4) is 0 Å². The van der Waals surface area contributed by atoms with Crippen LogP contribution in [-0.2, 0) is 9.63 Å². The first kappa shape index (κ1) is 15.3. The predicted octanol–water partition coefficient (Wildman–Crippen LogP) is 3.53. The van der Waals surface area contributed by atoms with Crippen LogP contribution in [0.4, 0.5) is 0 Å². The van der Waals surface area contributed by atoms with Gasteiger partial charge >= 0.3 is 0 Å². The molecule has 0 saturated carbocycles. The van der Waals surface area contributed by atoms with Crippen LogP contribution in [0.2, 0.25) is 5.02 Å². The van der Waals surface area contributed by atoms with Gasteiger partial charge in [0.15, 0.2) is 0 Å². The Hall–Kier alpha value is -0.710. The van der Waals surface area contributed by atoms with Gasteiger partial charge in [-0.25, -0.2) is 5.48 Å². The van der Waals surface area contributed by atoms with E-state index in [0.29, 0.717) is 24.7 Å². The van der Waals surface area contributed by atoms with Gasteiger partial charge in [0.1, 0.15) is 0 Å². The first-order valence-electron chi connectivity index (χ1n) is 5.87. The Morgan fingerprint density at radius 2 is 2.17 bits per heavy atom. The maximum atomic E-state index is 11.4. The highest BCUT2D eigenvalue weighted by Gasteiger charge is 2.04. The Bertz CT molecular complexity index is 385. The molecule has 0 aliphatic rings. The minimum Gasteiger partial charge on any atom is -0.273 e. The predicted molar refractivity (Wildman–Crippen MR) is 75.7 cm³/mol. The SMILES string of the molecule is CC(C)CONC(=O)CCSc1ccccc1Cl. The van der Waals surface area contributed by atoms with Crippen LogP contribution < -0.4 is 5.48 Å². The molecule has 0 unspecified atom stereocenters. The largest absolute Gasteiger partial charge is 0.273 e. The van der Waals surface area contributed by atoms with Gasteiger partial charge in [0.05, 0.1) is 11.6 Å². The normalized spacial score (nSPS) is 10.7. The van der Waals surface area contributed by atoms with E-state index in [1.54, 1.807) is 11.8 Å². The zero-order valence-corrected chi connectivity index (χ0v) is 12.2. The summed E-state index contributed by atoms with van der Waals surface area (Å²) in [5.74, 6) is 0.985. The Balaban J connectivity index is 2.18. The number of benzene rings is 1. The average Bonchev–Trinajstić information content (AvgIpc) is 2.31. The summed E-state index contributed by atoms with van der Waals surface area (Å²) in [6.45, 7) is 4.59. The summed E-state index contributed by atoms with van der Waals surface area (Å²) in [4.78, 5) is 17.5. The van der Waals surface area contributed by atoms with Gasteiger partial charge in [-0.05, 0) is 18.1 Å². The van der Waals surface area contributed by atoms with E-state index in [1.807, 2.05) is 38.1 Å². The monoisotopic (exact) mass is 287 g/mol. The molecule has 0 spiro atoms. The van der Waals surface area contributed by atoms with Crippen molar-refractivity contribution in [2.24, 2.45) is 5.92 Å². The van der Waals surface area contributed by atoms with Crippen molar-refractivity contribution in [3.05, 3.63) is 29.3 Å². The van der Waals surface area contributed by atoms with Crippen molar-refractivity contribution in [2.75, 3.05) is 12.4 Å². The molecule has 18 heavy (non-hydrogen) atoms. The molecule has 0 radical (unpaired) electrons. The van der Waals surface area contributed by atoms with E-state index in [4.69, 9.17) is 16.4 Å². The maximum Gasteiger partial charge on any atom is 0.244 e. The van der Waals surface area contributed by atoms with Gasteiger partial charge in [-0.1, -0.05) is 37.6 Å². The molecule has 0 bridgehead atoms. The number of hydrogen-bond acceptors (Lipinski definition) is 3. The third kappa shape index (κ3) is 6.28. The van der Waals surface area contributed by atoms with E-state index in [-0.39, 0.29) is 5.91 Å². The molecule has 0 aliphatic carbocycles. The molecule has 0 heterocycles. The van der Waals surface area contributed by atoms with Crippen molar-refractivity contribution in [1.82, 2.24) is 5.48 Å². The molecule has 1 rings (SSSR count). The second kappa shape index (κ2) is 8.40. The van der Waals surface area contributed by atoms with Crippen LogP contribution in [0.3, 0.4) is 0 Å². The fourth-order valence-corrected chi connectivity index (χ4v) is 2.34. The van der Waals surface area contributed by atoms with Crippen LogP contribution in [0.1, 0.15) is 20.3 Å². The molecule has 1 aromatic carbocycles. The van der Waals surface area contributed by atoms with Gasteiger partial charge in [-0.15, -0.1) is 11.8 Å². The lowest BCUT2D eigenvalue weighted by molar-refractivity contribution is -0.133. The highest BCUT2D eigenvalue weighted by Crippen LogP contribution is 2.26. The number of carbonyl (C=O) groups is 1. The van der Waals surface area contributed by atoms with Crippen molar-refractivity contribution in [2.45, 2.75) is 25.2 Å². The van der Waals surface area contributed by atoms with Crippen molar-refractivity contribution in [1.29, 1.82) is 0 Å². The zero-order valence-electron chi connectivity index (χ0n) is 10.6. The fourth-order valence-electron chi connectivity index (χ4n) is 1.16. The van der Waals surface area contributed by atoms with E-state index >= 15 is 0 Å². The fraction of sp³-hybridized carbons (Fsp3) is 0.462. The number of hydroxylamine groups is 1. The summed E-state index contributed by atoms with van der Waals surface area (Å²) in [7, 11) is 0. The van der Waals surface area contributed by atoms with Gasteiger partial charge < -0.3 is 0 Å². The second-order valence-corrected chi connectivity index (χ2v) is 5.80. The standard InChI is InChI=1S/C13H18ClNO2S/c1-10(2)9-17-15-13(16)7-8-18-12-6-4-3-5-11(12)14/h3-6,10H,7-9H2,1-2H3,(H,15,16). The number of thioether (sulfide) groups is 1. The van der Waals surface area contributed by atoms with Crippen LogP contribution in [0.5, 0.6) is 0 Å². The average molecular weight is 288 g/mol. The first-order chi connectivity index (χ1) is 8.59. The van der Waals surface area contributed by atoms with Crippen LogP contribution in [0, 0.1) is 5.92 Å². The van der Waals surface area contributed by atoms with E-state index in [2.05, 4.69) is 5.48 Å². The topological polar surface area (TPSA) is 38.3 Å². The lowest BCUT2D eigenvalue weighted by atomic mass is 10.2. The van der Waals surface area contributed by atoms with Crippen molar-refractivity contribution in [3.63, 3.8) is 0 Å². The number of hydrogen-bond donors (Lipinski definition) is 1. The van der Waals surface area contributed by atoms with E-state index in [9.17, 15) is 4.79 Å². The molecule has 5 heteroatoms. The van der Waals surface area contributed by atoms with E-state index in [0.717, 1.165) is 9.92 Å². The van der Waals surface area contributed by atoms with Crippen LogP contribution >= 0.6 is 23.4 Å². The molecular formula is C13H18ClNO2S. The summed E-state index contributed by atoms with van der Waals surface area (Å²) >= 11 is 7.58. The lowest BCUT2D eigenvalue weighted by Crippen LogP contribution is -2.25. The molecule has 0 saturated heterocycles. The van der Waals surface area contributed by atoms with Gasteiger partial charge in [0.25, 0.3) is 0 Å². The lowest BCUT2D eigenvalue weighted by Gasteiger charge is -2.08. The molecule has 0 atom stereocenters. The Morgan fingerprint density at radius 1 is 1.44 bits per heavy atom. The highest BCUT2D eigenvalue weighted by molar-refractivity contribution is 7.99. The molecule has 0 fully saturated rings. The zero-order chi connectivity index (χ0) is 13.4. The highest BCUT2D eigenvalue weighted by atomic mass is 35.5. The summed E-state index contributed by atoms with van der Waals surface area (Å²) < 4.78 is 0. The quantitative estimate of drug-likeness (QED) is 0.616. The maximum absolute atomic E-state index is 11.4. The van der Waals surface area contributed by atoms with Gasteiger partial charge in [-0.3, -0.25) is 9.63 Å². The molecule has 100 valence electrons. The summed E-state index contributed by atoms with van der Waals surface area (Å²) in [6.07, 6.45) is 0.411. The second-order valence-electron chi connectivity index (χ2n) is 4.26. The summed E-state index contributed by atoms with van der Waals surface area (Å²) in [6, 6.07) is 7.61. The number of nitrogens with one attached hydrogen (secondary N) is 1. The van der Waals surface area contributed by atoms with Crippen molar-refractivity contribution < 1.29 is 9.63 Å². The molecule has 3 nitrogen and oxygen atoms in total. The minimum absolute atomic E-state index is 0.102. The first-order valence-corrected chi connectivity index (χ1v) is 7.24. The molecule has 0 aromatic heterocycles. The van der Waals surface area contributed by atoms with Gasteiger partial charge in [0.2, 0.25) is 5.91 Å². The van der Waals surface area contributed by atoms with Crippen molar-refractivity contribution >= 4 is 29.3 Å². The van der Waals surface area contributed by atoms with Crippen LogP contribution in [-0.4, -0.2) is 18.3 Å². The molecule has 1 amide bonds. The minimum atomic E-state index is -0.102.